The molecule has 0 saturated heterocycles. The summed E-state index contributed by atoms with van der Waals surface area (Å²) >= 11 is 2.16. The quantitative estimate of drug-likeness (QED) is 0.718. The number of nitrogens with one attached hydrogen (secondary N) is 2. The molecule has 0 saturated carbocycles. The second-order valence-corrected chi connectivity index (χ2v) is 5.30. The monoisotopic (exact) mass is 425 g/mol. The van der Waals surface area contributed by atoms with Crippen molar-refractivity contribution < 1.29 is 17.9 Å². The van der Waals surface area contributed by atoms with Gasteiger partial charge in [-0.25, -0.2) is 0 Å². The van der Waals surface area contributed by atoms with Gasteiger partial charge in [-0.05, 0) is 46.9 Å². The van der Waals surface area contributed by atoms with Crippen molar-refractivity contribution in [1.82, 2.24) is 15.0 Å². The molecule has 118 valence electrons. The molecule has 0 amide bonds. The number of aromatic nitrogens is 3. The van der Waals surface area contributed by atoms with Gasteiger partial charge in [0.15, 0.2) is 6.61 Å². The van der Waals surface area contributed by atoms with Crippen LogP contribution in [-0.2, 0) is 0 Å². The molecule has 0 atom stereocenters. The SMILES string of the molecule is CNc1nc(Nc2ccc(I)cc2)nc(OCC(F)(F)F)n1. The lowest BCUT2D eigenvalue weighted by Gasteiger charge is -2.10. The van der Waals surface area contributed by atoms with Crippen LogP contribution in [0.5, 0.6) is 6.01 Å². The highest BCUT2D eigenvalue weighted by atomic mass is 127. The molecule has 0 spiro atoms. The average molecular weight is 425 g/mol. The molecular formula is C12H11F3IN5O. The van der Waals surface area contributed by atoms with E-state index in [1.165, 1.54) is 7.05 Å². The summed E-state index contributed by atoms with van der Waals surface area (Å²) in [5, 5.41) is 5.51. The van der Waals surface area contributed by atoms with Crippen molar-refractivity contribution in [3.63, 3.8) is 0 Å². The van der Waals surface area contributed by atoms with Gasteiger partial charge in [0.1, 0.15) is 0 Å². The first-order valence-electron chi connectivity index (χ1n) is 6.02. The predicted octanol–water partition coefficient (Wildman–Crippen LogP) is 3.20. The summed E-state index contributed by atoms with van der Waals surface area (Å²) in [6.07, 6.45) is -4.46. The number of anilines is 3. The lowest BCUT2D eigenvalue weighted by atomic mass is 10.3. The molecule has 0 aliphatic rings. The van der Waals surface area contributed by atoms with E-state index in [9.17, 15) is 13.2 Å². The molecule has 0 aliphatic carbocycles. The molecule has 10 heteroatoms. The minimum absolute atomic E-state index is 0.0812. The standard InChI is InChI=1S/C12H11F3IN5O/c1-17-9-19-10(18-8-4-2-7(16)3-5-8)21-11(20-9)22-6-12(13,14)15/h2-5H,6H2,1H3,(H2,17,18,19,20,21). The Balaban J connectivity index is 2.17. The minimum Gasteiger partial charge on any atom is -0.454 e. The number of benzene rings is 1. The number of ether oxygens (including phenoxy) is 1. The first-order valence-corrected chi connectivity index (χ1v) is 7.09. The molecule has 0 aliphatic heterocycles. The van der Waals surface area contributed by atoms with Gasteiger partial charge in [-0.3, -0.25) is 0 Å². The number of rotatable bonds is 5. The summed E-state index contributed by atoms with van der Waals surface area (Å²) in [7, 11) is 1.54. The first kappa shape index (κ1) is 16.5. The van der Waals surface area contributed by atoms with E-state index in [1.807, 2.05) is 12.1 Å². The Labute approximate surface area is 137 Å². The summed E-state index contributed by atoms with van der Waals surface area (Å²) in [4.78, 5) is 11.5. The van der Waals surface area contributed by atoms with Crippen molar-refractivity contribution in [1.29, 1.82) is 0 Å². The van der Waals surface area contributed by atoms with Gasteiger partial charge in [-0.2, -0.15) is 28.1 Å². The number of halogens is 4. The van der Waals surface area contributed by atoms with Gasteiger partial charge in [0.05, 0.1) is 0 Å². The predicted molar refractivity (Wildman–Crippen MR) is 83.4 cm³/mol. The van der Waals surface area contributed by atoms with Gasteiger partial charge in [-0.1, -0.05) is 0 Å². The van der Waals surface area contributed by atoms with Crippen molar-refractivity contribution in [2.45, 2.75) is 6.18 Å². The van der Waals surface area contributed by atoms with Crippen LogP contribution in [0.2, 0.25) is 0 Å². The Bertz CT molecular complexity index is 636. The van der Waals surface area contributed by atoms with E-state index >= 15 is 0 Å². The number of hydrogen-bond acceptors (Lipinski definition) is 6. The Morgan fingerprint density at radius 3 is 2.32 bits per heavy atom. The molecule has 22 heavy (non-hydrogen) atoms. The fraction of sp³-hybridized carbons (Fsp3) is 0.250. The fourth-order valence-electron chi connectivity index (χ4n) is 1.40. The summed E-state index contributed by atoms with van der Waals surface area (Å²) in [6, 6.07) is 6.90. The molecule has 1 heterocycles. The van der Waals surface area contributed by atoms with E-state index in [2.05, 4.69) is 52.9 Å². The van der Waals surface area contributed by atoms with E-state index < -0.39 is 18.8 Å². The van der Waals surface area contributed by atoms with Crippen LogP contribution in [0.25, 0.3) is 0 Å². The molecule has 0 unspecified atom stereocenters. The van der Waals surface area contributed by atoms with E-state index in [0.717, 1.165) is 3.57 Å². The molecule has 2 aromatic rings. The lowest BCUT2D eigenvalue weighted by molar-refractivity contribution is -0.154. The van der Waals surface area contributed by atoms with Gasteiger partial charge in [0.25, 0.3) is 0 Å². The average Bonchev–Trinajstić information content (AvgIpc) is 2.46. The fourth-order valence-corrected chi connectivity index (χ4v) is 1.76. The topological polar surface area (TPSA) is 72.0 Å². The highest BCUT2D eigenvalue weighted by Crippen LogP contribution is 2.20. The Morgan fingerprint density at radius 2 is 1.73 bits per heavy atom. The van der Waals surface area contributed by atoms with Crippen LogP contribution >= 0.6 is 22.6 Å². The van der Waals surface area contributed by atoms with Crippen LogP contribution in [0.1, 0.15) is 0 Å². The Morgan fingerprint density at radius 1 is 1.09 bits per heavy atom. The minimum atomic E-state index is -4.46. The molecule has 0 radical (unpaired) electrons. The van der Waals surface area contributed by atoms with Crippen LogP contribution in [0.15, 0.2) is 24.3 Å². The third-order valence-corrected chi connectivity index (χ3v) is 3.02. The second-order valence-electron chi connectivity index (χ2n) is 4.05. The molecule has 2 rings (SSSR count). The van der Waals surface area contributed by atoms with Crippen LogP contribution in [0.4, 0.5) is 30.8 Å². The van der Waals surface area contributed by atoms with Gasteiger partial charge in [0.2, 0.25) is 11.9 Å². The van der Waals surface area contributed by atoms with Crippen molar-refractivity contribution in [3.8, 4) is 6.01 Å². The van der Waals surface area contributed by atoms with Crippen molar-refractivity contribution in [3.05, 3.63) is 27.8 Å². The zero-order valence-electron chi connectivity index (χ0n) is 11.3. The smallest absolute Gasteiger partial charge is 0.422 e. The van der Waals surface area contributed by atoms with Gasteiger partial charge < -0.3 is 15.4 Å². The number of hydrogen-bond donors (Lipinski definition) is 2. The third kappa shape index (κ3) is 5.16. The first-order chi connectivity index (χ1) is 10.4. The number of alkyl halides is 3. The maximum atomic E-state index is 12.2. The van der Waals surface area contributed by atoms with Crippen LogP contribution < -0.4 is 15.4 Å². The van der Waals surface area contributed by atoms with E-state index in [0.29, 0.717) is 5.69 Å². The Kier molecular flexibility index (Phi) is 5.21. The van der Waals surface area contributed by atoms with Crippen molar-refractivity contribution in [2.24, 2.45) is 0 Å². The molecule has 0 bridgehead atoms. The Hall–Kier alpha value is -1.85. The van der Waals surface area contributed by atoms with E-state index in [1.54, 1.807) is 12.1 Å². The van der Waals surface area contributed by atoms with Crippen LogP contribution in [-0.4, -0.2) is 34.8 Å². The van der Waals surface area contributed by atoms with Crippen LogP contribution in [0, 0.1) is 3.57 Å². The summed E-state index contributed by atoms with van der Waals surface area (Å²) in [6.45, 7) is -1.47. The number of nitrogens with zero attached hydrogens (tertiary/aromatic N) is 3. The normalized spacial score (nSPS) is 11.1. The van der Waals surface area contributed by atoms with E-state index in [4.69, 9.17) is 0 Å². The maximum absolute atomic E-state index is 12.2. The highest BCUT2D eigenvalue weighted by Gasteiger charge is 2.29. The van der Waals surface area contributed by atoms with Gasteiger partial charge >= 0.3 is 12.2 Å². The molecule has 1 aromatic heterocycles. The molecule has 6 nitrogen and oxygen atoms in total. The van der Waals surface area contributed by atoms with E-state index in [-0.39, 0.29) is 11.9 Å². The van der Waals surface area contributed by atoms with Gasteiger partial charge in [0, 0.05) is 16.3 Å². The highest BCUT2D eigenvalue weighted by molar-refractivity contribution is 14.1. The maximum Gasteiger partial charge on any atom is 0.422 e. The zero-order chi connectivity index (χ0) is 16.2. The second kappa shape index (κ2) is 6.94. The largest absolute Gasteiger partial charge is 0.454 e. The molecule has 0 fully saturated rings. The lowest BCUT2D eigenvalue weighted by Crippen LogP contribution is -2.20. The zero-order valence-corrected chi connectivity index (χ0v) is 13.4. The molecular weight excluding hydrogens is 414 g/mol. The van der Waals surface area contributed by atoms with Crippen molar-refractivity contribution >= 4 is 40.2 Å². The van der Waals surface area contributed by atoms with Crippen molar-refractivity contribution in [2.75, 3.05) is 24.3 Å². The molecule has 1 aromatic carbocycles. The summed E-state index contributed by atoms with van der Waals surface area (Å²) in [5.41, 5.74) is 0.690. The summed E-state index contributed by atoms with van der Waals surface area (Å²) in [5.74, 6) is 0.179. The van der Waals surface area contributed by atoms with Gasteiger partial charge in [-0.15, -0.1) is 0 Å². The summed E-state index contributed by atoms with van der Waals surface area (Å²) < 4.78 is 42.1. The van der Waals surface area contributed by atoms with Crippen LogP contribution in [0.3, 0.4) is 0 Å². The third-order valence-electron chi connectivity index (χ3n) is 2.30. The molecule has 2 N–H and O–H groups in total.